The summed E-state index contributed by atoms with van der Waals surface area (Å²) in [7, 11) is 1.44. The number of carbonyl (C=O) groups excluding carboxylic acids is 5. The van der Waals surface area contributed by atoms with Gasteiger partial charge < -0.3 is 24.6 Å². The Kier molecular flexibility index (Phi) is 10.3. The first kappa shape index (κ1) is 34.7. The maximum atomic E-state index is 14.2. The summed E-state index contributed by atoms with van der Waals surface area (Å²) in [6.07, 6.45) is -0.286. The molecule has 0 saturated carbocycles. The molecule has 5 unspecified atom stereocenters. The fraction of sp³-hybridized carbons (Fsp3) is 0.645. The standard InChI is InChI=1S/C31H44F2N4O7/c1-17(35(9)29(42)44-31(6,7)8)26(39)34-25(30(3,4)5)28(41)36-13-12-23-24(36)19(15-37(23)27(40)18(2)38)16-43-20-10-11-21(32)22(33)14-20/h10-11,14,17,19,23-25H,12-13,15-16H2,1-9H3,(H,34,39). The zero-order valence-corrected chi connectivity index (χ0v) is 26.9. The van der Waals surface area contributed by atoms with Crippen molar-refractivity contribution in [3.05, 3.63) is 29.8 Å². The van der Waals surface area contributed by atoms with E-state index in [0.29, 0.717) is 6.42 Å². The molecule has 1 N–H and O–H groups in total. The van der Waals surface area contributed by atoms with Gasteiger partial charge in [0.15, 0.2) is 11.6 Å². The number of hydrogen-bond acceptors (Lipinski definition) is 7. The van der Waals surface area contributed by atoms with Crippen LogP contribution >= 0.6 is 0 Å². The van der Waals surface area contributed by atoms with Gasteiger partial charge in [0, 0.05) is 39.0 Å². The van der Waals surface area contributed by atoms with Gasteiger partial charge in [-0.25, -0.2) is 13.6 Å². The largest absolute Gasteiger partial charge is 0.493 e. The number of hydrogen-bond donors (Lipinski definition) is 1. The highest BCUT2D eigenvalue weighted by molar-refractivity contribution is 6.35. The Morgan fingerprint density at radius 1 is 1.05 bits per heavy atom. The Morgan fingerprint density at radius 2 is 1.68 bits per heavy atom. The van der Waals surface area contributed by atoms with Crippen LogP contribution in [0, 0.1) is 23.0 Å². The summed E-state index contributed by atoms with van der Waals surface area (Å²) in [6, 6.07) is 0.147. The van der Waals surface area contributed by atoms with Crippen molar-refractivity contribution in [2.75, 3.05) is 26.7 Å². The molecule has 2 fully saturated rings. The minimum atomic E-state index is -1.08. The van der Waals surface area contributed by atoms with Crippen molar-refractivity contribution in [1.82, 2.24) is 20.0 Å². The number of likely N-dealkylation sites (N-methyl/N-ethyl adjacent to an activating group) is 1. The molecule has 2 saturated heterocycles. The molecule has 3 rings (SSSR count). The Hall–Kier alpha value is -3.77. The number of ether oxygens (including phenoxy) is 2. The van der Waals surface area contributed by atoms with Gasteiger partial charge in [0.25, 0.3) is 5.91 Å². The summed E-state index contributed by atoms with van der Waals surface area (Å²) >= 11 is 0. The summed E-state index contributed by atoms with van der Waals surface area (Å²) in [6.45, 7) is 13.6. The van der Waals surface area contributed by atoms with E-state index < -0.39 is 76.4 Å². The van der Waals surface area contributed by atoms with Crippen molar-refractivity contribution in [1.29, 1.82) is 0 Å². The monoisotopic (exact) mass is 622 g/mol. The van der Waals surface area contributed by atoms with Crippen molar-refractivity contribution >= 4 is 29.6 Å². The van der Waals surface area contributed by atoms with Crippen molar-refractivity contribution < 1.29 is 42.2 Å². The predicted molar refractivity (Wildman–Crippen MR) is 156 cm³/mol. The van der Waals surface area contributed by atoms with E-state index in [2.05, 4.69) is 5.32 Å². The zero-order valence-electron chi connectivity index (χ0n) is 26.9. The highest BCUT2D eigenvalue weighted by atomic mass is 19.2. The number of ketones is 1. The number of nitrogens with zero attached hydrogens (tertiary/aromatic N) is 3. The van der Waals surface area contributed by atoms with Crippen molar-refractivity contribution in [2.45, 2.75) is 91.6 Å². The maximum absolute atomic E-state index is 14.2. The number of nitrogens with one attached hydrogen (secondary N) is 1. The second-order valence-corrected chi connectivity index (χ2v) is 13.6. The van der Waals surface area contributed by atoms with E-state index in [1.54, 1.807) is 46.4 Å². The van der Waals surface area contributed by atoms with Gasteiger partial charge in [-0.3, -0.25) is 24.1 Å². The Morgan fingerprint density at radius 3 is 2.23 bits per heavy atom. The minimum absolute atomic E-state index is 0.0397. The van der Waals surface area contributed by atoms with Crippen LogP contribution in [0.4, 0.5) is 13.6 Å². The van der Waals surface area contributed by atoms with Gasteiger partial charge in [-0.15, -0.1) is 0 Å². The third kappa shape index (κ3) is 7.84. The minimum Gasteiger partial charge on any atom is -0.493 e. The highest BCUT2D eigenvalue weighted by Gasteiger charge is 2.54. The molecule has 0 aliphatic carbocycles. The van der Waals surface area contributed by atoms with Gasteiger partial charge in [-0.1, -0.05) is 20.8 Å². The number of fused-ring (bicyclic) bond motifs is 1. The SMILES string of the molecule is CC(=O)C(=O)N1CC(COc2ccc(F)c(F)c2)C2C1CCN2C(=O)C(NC(=O)C(C)N(C)C(=O)OC(C)(C)C)C(C)(C)C. The van der Waals surface area contributed by atoms with Crippen LogP contribution in [0.25, 0.3) is 0 Å². The molecule has 13 heteroatoms. The van der Waals surface area contributed by atoms with Gasteiger partial charge >= 0.3 is 6.09 Å². The van der Waals surface area contributed by atoms with E-state index >= 15 is 0 Å². The number of Topliss-reactive ketones (excluding diaryl/α,β-unsaturated/α-hetero) is 1. The predicted octanol–water partition coefficient (Wildman–Crippen LogP) is 3.15. The van der Waals surface area contributed by atoms with Crippen LogP contribution in [0.3, 0.4) is 0 Å². The molecule has 0 aromatic heterocycles. The van der Waals surface area contributed by atoms with Crippen molar-refractivity contribution in [3.63, 3.8) is 0 Å². The van der Waals surface area contributed by atoms with Crippen LogP contribution in [-0.4, -0.2) is 101 Å². The van der Waals surface area contributed by atoms with E-state index in [1.165, 1.54) is 31.9 Å². The first-order valence-corrected chi connectivity index (χ1v) is 14.7. The first-order chi connectivity index (χ1) is 20.2. The summed E-state index contributed by atoms with van der Waals surface area (Å²) in [4.78, 5) is 69.2. The number of rotatable bonds is 8. The second-order valence-electron chi connectivity index (χ2n) is 13.6. The molecule has 4 amide bonds. The van der Waals surface area contributed by atoms with Gasteiger partial charge in [-0.05, 0) is 51.7 Å². The second kappa shape index (κ2) is 13.1. The zero-order chi connectivity index (χ0) is 33.3. The Balaban J connectivity index is 1.84. The highest BCUT2D eigenvalue weighted by Crippen LogP contribution is 2.38. The average molecular weight is 623 g/mol. The number of amides is 4. The number of carbonyl (C=O) groups is 5. The van der Waals surface area contributed by atoms with Gasteiger partial charge in [0.2, 0.25) is 17.6 Å². The molecule has 0 spiro atoms. The molecule has 2 heterocycles. The van der Waals surface area contributed by atoms with Crippen LogP contribution in [0.2, 0.25) is 0 Å². The van der Waals surface area contributed by atoms with Gasteiger partial charge in [-0.2, -0.15) is 0 Å². The number of halogens is 2. The van der Waals surface area contributed by atoms with Crippen LogP contribution < -0.4 is 10.1 Å². The molecule has 0 bridgehead atoms. The lowest BCUT2D eigenvalue weighted by atomic mass is 9.85. The molecule has 44 heavy (non-hydrogen) atoms. The van der Waals surface area contributed by atoms with Crippen LogP contribution in [0.5, 0.6) is 5.75 Å². The molecule has 1 aromatic rings. The summed E-state index contributed by atoms with van der Waals surface area (Å²) in [5.74, 6) is -4.74. The summed E-state index contributed by atoms with van der Waals surface area (Å²) < 4.78 is 38.4. The van der Waals surface area contributed by atoms with Crippen molar-refractivity contribution in [3.8, 4) is 5.75 Å². The van der Waals surface area contributed by atoms with Gasteiger partial charge in [0.05, 0.1) is 18.7 Å². The first-order valence-electron chi connectivity index (χ1n) is 14.7. The molecular weight excluding hydrogens is 578 g/mol. The lowest BCUT2D eigenvalue weighted by molar-refractivity contribution is -0.144. The normalized spacial score (nSPS) is 21.3. The fourth-order valence-corrected chi connectivity index (χ4v) is 5.56. The molecule has 244 valence electrons. The van der Waals surface area contributed by atoms with Crippen LogP contribution in [0.1, 0.15) is 61.8 Å². The van der Waals surface area contributed by atoms with E-state index in [0.717, 1.165) is 17.0 Å². The van der Waals surface area contributed by atoms with E-state index in [4.69, 9.17) is 9.47 Å². The Labute approximate surface area is 257 Å². The summed E-state index contributed by atoms with van der Waals surface area (Å²) in [5, 5.41) is 2.83. The number of likely N-dealkylation sites (tertiary alicyclic amines) is 2. The third-order valence-electron chi connectivity index (χ3n) is 7.98. The molecule has 11 nitrogen and oxygen atoms in total. The van der Waals surface area contributed by atoms with Crippen molar-refractivity contribution in [2.24, 2.45) is 11.3 Å². The van der Waals surface area contributed by atoms with Gasteiger partial charge in [0.1, 0.15) is 23.4 Å². The topological polar surface area (TPSA) is 126 Å². The molecule has 2 aliphatic heterocycles. The van der Waals surface area contributed by atoms with E-state index in [-0.39, 0.29) is 31.4 Å². The van der Waals surface area contributed by atoms with E-state index in [9.17, 15) is 32.8 Å². The summed E-state index contributed by atoms with van der Waals surface area (Å²) in [5.41, 5.74) is -1.51. The fourth-order valence-electron chi connectivity index (χ4n) is 5.56. The van der Waals surface area contributed by atoms with E-state index in [1.807, 2.05) is 0 Å². The lowest BCUT2D eigenvalue weighted by Gasteiger charge is -2.38. The molecular formula is C31H44F2N4O7. The maximum Gasteiger partial charge on any atom is 0.410 e. The molecule has 0 radical (unpaired) electrons. The number of benzene rings is 1. The Bertz CT molecular complexity index is 1290. The molecule has 2 aliphatic rings. The lowest BCUT2D eigenvalue weighted by Crippen LogP contribution is -2.60. The molecule has 5 atom stereocenters. The third-order valence-corrected chi connectivity index (χ3v) is 7.98. The van der Waals surface area contributed by atoms with Crippen LogP contribution in [-0.2, 0) is 23.9 Å². The average Bonchev–Trinajstić information content (AvgIpc) is 3.50. The quantitative estimate of drug-likeness (QED) is 0.442. The smallest absolute Gasteiger partial charge is 0.410 e. The van der Waals surface area contributed by atoms with Crippen LogP contribution in [0.15, 0.2) is 18.2 Å². The molecule has 1 aromatic carbocycles.